The third-order valence-corrected chi connectivity index (χ3v) is 7.21. The Morgan fingerprint density at radius 3 is 1.39 bits per heavy atom. The quantitative estimate of drug-likeness (QED) is 0.0670. The van der Waals surface area contributed by atoms with Gasteiger partial charge in [0.05, 0.1) is 19.1 Å². The van der Waals surface area contributed by atoms with E-state index < -0.39 is 96.7 Å². The maximum Gasteiger partial charge on any atom is 0.326 e. The molecule has 17 nitrogen and oxygen atoms in total. The second-order valence-corrected chi connectivity index (χ2v) is 13.8. The van der Waals surface area contributed by atoms with Crippen LogP contribution >= 0.6 is 0 Å². The molecule has 0 aliphatic heterocycles. The van der Waals surface area contributed by atoms with E-state index in [4.69, 9.17) is 5.73 Å². The highest BCUT2D eigenvalue weighted by Gasteiger charge is 2.31. The molecule has 6 atom stereocenters. The molecule has 0 aromatic carbocycles. The summed E-state index contributed by atoms with van der Waals surface area (Å²) in [4.78, 5) is 100. The van der Waals surface area contributed by atoms with Gasteiger partial charge in [0.1, 0.15) is 30.2 Å². The van der Waals surface area contributed by atoms with Crippen molar-refractivity contribution in [1.29, 1.82) is 0 Å². The Bertz CT molecular complexity index is 1170. The van der Waals surface area contributed by atoms with Gasteiger partial charge in [-0.25, -0.2) is 4.79 Å². The molecule has 49 heavy (non-hydrogen) atoms. The van der Waals surface area contributed by atoms with Gasteiger partial charge in [-0.1, -0.05) is 55.4 Å². The second kappa shape index (κ2) is 21.6. The third kappa shape index (κ3) is 17.6. The fourth-order valence-electron chi connectivity index (χ4n) is 4.46. The first kappa shape index (κ1) is 44.7. The smallest absolute Gasteiger partial charge is 0.326 e. The number of carbonyl (C=O) groups excluding carboxylic acids is 7. The zero-order valence-corrected chi connectivity index (χ0v) is 30.4. The molecule has 7 amide bonds. The first-order valence-corrected chi connectivity index (χ1v) is 16.6. The number of carboxylic acid groups (broad SMARTS) is 1. The van der Waals surface area contributed by atoms with Crippen molar-refractivity contribution in [2.75, 3.05) is 13.1 Å². The number of rotatable bonds is 21. The molecule has 0 spiro atoms. The van der Waals surface area contributed by atoms with Crippen LogP contribution in [0, 0.1) is 23.7 Å². The second-order valence-electron chi connectivity index (χ2n) is 13.8. The minimum atomic E-state index is -1.21. The van der Waals surface area contributed by atoms with Crippen LogP contribution in [-0.2, 0) is 38.4 Å². The normalized spacial score (nSPS) is 14.9. The summed E-state index contributed by atoms with van der Waals surface area (Å²) in [5.74, 6) is -6.52. The highest BCUT2D eigenvalue weighted by atomic mass is 16.4. The van der Waals surface area contributed by atoms with Crippen molar-refractivity contribution in [3.8, 4) is 0 Å². The topological polar surface area (TPSA) is 267 Å². The number of nitrogens with one attached hydrogen (secondary N) is 7. The molecule has 0 radical (unpaired) electrons. The lowest BCUT2D eigenvalue weighted by Crippen LogP contribution is -2.58. The van der Waals surface area contributed by atoms with Gasteiger partial charge in [-0.3, -0.25) is 33.6 Å². The van der Waals surface area contributed by atoms with Crippen LogP contribution in [0.1, 0.15) is 82.1 Å². The van der Waals surface area contributed by atoms with Crippen LogP contribution < -0.4 is 43.0 Å². The molecule has 0 rings (SSSR count). The van der Waals surface area contributed by atoms with Crippen LogP contribution in [-0.4, -0.2) is 102 Å². The zero-order valence-electron chi connectivity index (χ0n) is 30.4. The Labute approximate surface area is 288 Å². The standard InChI is InChI=1S/C32H58N8O9/c1-15(2)11-21(29(45)35-14-24(42)39-26(18(7)8)32(48)49)37-23(41)13-34-28(44)20(10)36-30(46)22(12-16(3)4)38-31(47)25(17(5)6)40-27(43)19(9)33/h15-22,25-26H,11-14,33H2,1-10H3,(H,34,44)(H,35,45)(H,36,46)(H,37,41)(H,38,47)(H,39,42)(H,40,43)(H,48,49)/t19-,20-,21-,22-,25-,26-/m0/s1. The molecule has 0 fully saturated rings. The first-order valence-electron chi connectivity index (χ1n) is 16.6. The van der Waals surface area contributed by atoms with Crippen LogP contribution in [0.3, 0.4) is 0 Å². The Morgan fingerprint density at radius 1 is 0.510 bits per heavy atom. The molecule has 0 unspecified atom stereocenters. The molecule has 0 aromatic heterocycles. The summed E-state index contributed by atoms with van der Waals surface area (Å²) in [6, 6.07) is -6.12. The predicted octanol–water partition coefficient (Wildman–Crippen LogP) is -1.50. The summed E-state index contributed by atoms with van der Waals surface area (Å²) in [7, 11) is 0. The predicted molar refractivity (Wildman–Crippen MR) is 181 cm³/mol. The fourth-order valence-corrected chi connectivity index (χ4v) is 4.46. The monoisotopic (exact) mass is 698 g/mol. The van der Waals surface area contributed by atoms with Gasteiger partial charge in [-0.05, 0) is 50.4 Å². The number of amides is 7. The molecule has 280 valence electrons. The molecule has 0 aliphatic rings. The maximum atomic E-state index is 13.2. The van der Waals surface area contributed by atoms with Crippen LogP contribution in [0.5, 0.6) is 0 Å². The minimum absolute atomic E-state index is 0.0212. The van der Waals surface area contributed by atoms with Gasteiger partial charge in [0, 0.05) is 0 Å². The number of hydrogen-bond acceptors (Lipinski definition) is 9. The summed E-state index contributed by atoms with van der Waals surface area (Å²) in [6.45, 7) is 15.9. The Balaban J connectivity index is 5.29. The van der Waals surface area contributed by atoms with Gasteiger partial charge in [-0.2, -0.15) is 0 Å². The van der Waals surface area contributed by atoms with Crippen molar-refractivity contribution in [2.45, 2.75) is 118 Å². The summed E-state index contributed by atoms with van der Waals surface area (Å²) >= 11 is 0. The molecular formula is C32H58N8O9. The van der Waals surface area contributed by atoms with Gasteiger partial charge in [0.25, 0.3) is 0 Å². The number of carboxylic acids is 1. The molecule has 0 saturated carbocycles. The van der Waals surface area contributed by atoms with Crippen molar-refractivity contribution in [2.24, 2.45) is 29.4 Å². The molecule has 0 bridgehead atoms. The lowest BCUT2D eigenvalue weighted by atomic mass is 9.99. The van der Waals surface area contributed by atoms with E-state index in [0.29, 0.717) is 0 Å². The fraction of sp³-hybridized carbons (Fsp3) is 0.750. The summed E-state index contributed by atoms with van der Waals surface area (Å²) in [5, 5.41) is 26.7. The van der Waals surface area contributed by atoms with Gasteiger partial charge < -0.3 is 48.1 Å². The van der Waals surface area contributed by atoms with Gasteiger partial charge in [0.15, 0.2) is 0 Å². The minimum Gasteiger partial charge on any atom is -0.480 e. The lowest BCUT2D eigenvalue weighted by molar-refractivity contribution is -0.143. The number of nitrogens with two attached hydrogens (primary N) is 1. The number of carbonyl (C=O) groups is 8. The van der Waals surface area contributed by atoms with E-state index in [-0.39, 0.29) is 36.5 Å². The lowest BCUT2D eigenvalue weighted by Gasteiger charge is -2.27. The summed E-state index contributed by atoms with van der Waals surface area (Å²) in [5.41, 5.74) is 5.62. The van der Waals surface area contributed by atoms with E-state index in [1.807, 2.05) is 27.7 Å². The van der Waals surface area contributed by atoms with E-state index in [1.54, 1.807) is 27.7 Å². The van der Waals surface area contributed by atoms with Crippen molar-refractivity contribution < 1.29 is 43.5 Å². The Morgan fingerprint density at radius 2 is 0.959 bits per heavy atom. The van der Waals surface area contributed by atoms with Crippen molar-refractivity contribution in [1.82, 2.24) is 37.2 Å². The zero-order chi connectivity index (χ0) is 38.2. The number of hydrogen-bond donors (Lipinski definition) is 9. The Kier molecular flexibility index (Phi) is 19.8. The van der Waals surface area contributed by atoms with Crippen LogP contribution in [0.25, 0.3) is 0 Å². The molecule has 0 aromatic rings. The van der Waals surface area contributed by atoms with Crippen LogP contribution in [0.2, 0.25) is 0 Å². The third-order valence-electron chi connectivity index (χ3n) is 7.21. The SMILES string of the molecule is CC(C)C[C@H](NC(=O)CNC(=O)[C@H](C)NC(=O)[C@H](CC(C)C)NC(=O)[C@@H](NC(=O)[C@H](C)N)C(C)C)C(=O)NCC(=O)N[C@H](C(=O)O)C(C)C. The molecule has 17 heteroatoms. The summed E-state index contributed by atoms with van der Waals surface area (Å²) in [6.07, 6.45) is 0.443. The van der Waals surface area contributed by atoms with Crippen molar-refractivity contribution >= 4 is 47.3 Å². The highest BCUT2D eigenvalue weighted by Crippen LogP contribution is 2.09. The molecule has 0 heterocycles. The van der Waals surface area contributed by atoms with E-state index >= 15 is 0 Å². The average molecular weight is 699 g/mol. The number of aliphatic carboxylic acids is 1. The largest absolute Gasteiger partial charge is 0.480 e. The molecule has 0 saturated heterocycles. The molecular weight excluding hydrogens is 640 g/mol. The van der Waals surface area contributed by atoms with Crippen LogP contribution in [0.15, 0.2) is 0 Å². The van der Waals surface area contributed by atoms with E-state index in [0.717, 1.165) is 0 Å². The first-order chi connectivity index (χ1) is 22.6. The van der Waals surface area contributed by atoms with Crippen LogP contribution in [0.4, 0.5) is 0 Å². The summed E-state index contributed by atoms with van der Waals surface area (Å²) < 4.78 is 0. The van der Waals surface area contributed by atoms with Gasteiger partial charge in [-0.15, -0.1) is 0 Å². The van der Waals surface area contributed by atoms with Gasteiger partial charge >= 0.3 is 5.97 Å². The molecule has 10 N–H and O–H groups in total. The van der Waals surface area contributed by atoms with E-state index in [9.17, 15) is 43.5 Å². The van der Waals surface area contributed by atoms with Gasteiger partial charge in [0.2, 0.25) is 41.4 Å². The van der Waals surface area contributed by atoms with E-state index in [1.165, 1.54) is 13.8 Å². The maximum absolute atomic E-state index is 13.2. The highest BCUT2D eigenvalue weighted by molar-refractivity contribution is 5.96. The Hall–Kier alpha value is -4.28. The van der Waals surface area contributed by atoms with Crippen molar-refractivity contribution in [3.05, 3.63) is 0 Å². The average Bonchev–Trinajstić information content (AvgIpc) is 2.97. The van der Waals surface area contributed by atoms with E-state index in [2.05, 4.69) is 37.2 Å². The van der Waals surface area contributed by atoms with Crippen molar-refractivity contribution in [3.63, 3.8) is 0 Å². The molecule has 0 aliphatic carbocycles.